The topological polar surface area (TPSA) is 32.3 Å². The maximum atomic E-state index is 14.2. The number of benzene rings is 1. The summed E-state index contributed by atoms with van der Waals surface area (Å²) in [6.45, 7) is 10.2. The van der Waals surface area contributed by atoms with Gasteiger partial charge in [0.15, 0.2) is 0 Å². The molecule has 1 aromatic rings. The number of rotatable bonds is 4. The molecule has 28 heavy (non-hydrogen) atoms. The van der Waals surface area contributed by atoms with Gasteiger partial charge in [-0.1, -0.05) is 26.8 Å². The Balaban J connectivity index is 0.00000240. The minimum atomic E-state index is -0.151. The monoisotopic (exact) mass is 388 g/mol. The summed E-state index contributed by atoms with van der Waals surface area (Å²) in [5.41, 5.74) is 2.76. The Morgan fingerprint density at radius 3 is 2.57 bits per heavy atom. The summed E-state index contributed by atoms with van der Waals surface area (Å²) in [6, 6.07) is 5.30. The molecule has 0 radical (unpaired) electrons. The van der Waals surface area contributed by atoms with Crippen molar-refractivity contribution in [2.45, 2.75) is 77.2 Å². The first kappa shape index (κ1) is 19.9. The fraction of sp³-hybridized carbons (Fsp3) is 0.708. The maximum absolute atomic E-state index is 14.2. The van der Waals surface area contributed by atoms with E-state index >= 15 is 0 Å². The molecule has 1 N–H and O–H groups in total. The normalized spacial score (nSPS) is 24.8. The molecule has 0 aromatic heterocycles. The highest BCUT2D eigenvalue weighted by Crippen LogP contribution is 2.48. The average Bonchev–Trinajstić information content (AvgIpc) is 3.48. The van der Waals surface area contributed by atoms with Gasteiger partial charge in [0.25, 0.3) is 0 Å². The molecule has 1 aromatic carbocycles. The van der Waals surface area contributed by atoms with Gasteiger partial charge in [0.1, 0.15) is 5.82 Å². The summed E-state index contributed by atoms with van der Waals surface area (Å²) in [4.78, 5) is 14.9. The number of amides is 1. The molecule has 3 nitrogen and oxygen atoms in total. The molecule has 2 fully saturated rings. The minimum absolute atomic E-state index is 0. The summed E-state index contributed by atoms with van der Waals surface area (Å²) < 4.78 is 14.2. The molecule has 1 saturated heterocycles. The molecule has 1 saturated carbocycles. The number of fused-ring (bicyclic) bond motifs is 2. The highest BCUT2D eigenvalue weighted by Gasteiger charge is 2.43. The van der Waals surface area contributed by atoms with E-state index in [9.17, 15) is 9.18 Å². The van der Waals surface area contributed by atoms with Gasteiger partial charge in [0.05, 0.1) is 6.04 Å². The zero-order valence-electron chi connectivity index (χ0n) is 17.7. The van der Waals surface area contributed by atoms with Crippen LogP contribution in [0.4, 0.5) is 4.39 Å². The number of likely N-dealkylation sites (tertiary alicyclic amines) is 1. The Morgan fingerprint density at radius 1 is 1.21 bits per heavy atom. The Morgan fingerprint density at radius 2 is 1.93 bits per heavy atom. The van der Waals surface area contributed by atoms with Gasteiger partial charge < -0.3 is 10.2 Å². The van der Waals surface area contributed by atoms with E-state index < -0.39 is 0 Å². The highest BCUT2D eigenvalue weighted by atomic mass is 19.1. The molecule has 1 spiro atoms. The molecule has 1 aliphatic heterocycles. The van der Waals surface area contributed by atoms with Crippen LogP contribution in [-0.2, 0) is 10.2 Å². The van der Waals surface area contributed by atoms with E-state index in [0.717, 1.165) is 69.3 Å². The van der Waals surface area contributed by atoms with E-state index in [2.05, 4.69) is 31.0 Å². The summed E-state index contributed by atoms with van der Waals surface area (Å²) in [7, 11) is 0. The molecule has 1 atom stereocenters. The van der Waals surface area contributed by atoms with Crippen molar-refractivity contribution in [3.63, 3.8) is 0 Å². The van der Waals surface area contributed by atoms with Crippen LogP contribution in [-0.4, -0.2) is 30.4 Å². The van der Waals surface area contributed by atoms with Crippen molar-refractivity contribution in [3.8, 4) is 0 Å². The van der Waals surface area contributed by atoms with E-state index in [0.29, 0.717) is 5.41 Å². The van der Waals surface area contributed by atoms with Gasteiger partial charge in [0.2, 0.25) is 5.91 Å². The molecule has 4 rings (SSSR count). The number of carbonyl (C=O) groups is 1. The first-order valence-electron chi connectivity index (χ1n) is 11.1. The van der Waals surface area contributed by atoms with Crippen LogP contribution in [0.1, 0.15) is 84.3 Å². The van der Waals surface area contributed by atoms with E-state index in [1.165, 1.54) is 6.42 Å². The smallest absolute Gasteiger partial charge is 0.223 e. The Hall–Kier alpha value is -1.42. The third-order valence-electron chi connectivity index (χ3n) is 7.13. The quantitative estimate of drug-likeness (QED) is 0.769. The SMILES string of the molecule is CC(C)(C)CCN1CCC2(CC[C@H](NC(=O)C3CC3)c3ccc(F)cc32)CC1.[HH]. The first-order valence-corrected chi connectivity index (χ1v) is 11.1. The zero-order chi connectivity index (χ0) is 19.9. The zero-order valence-corrected chi connectivity index (χ0v) is 17.7. The summed E-state index contributed by atoms with van der Waals surface area (Å²) in [6.07, 6.45) is 7.45. The van der Waals surface area contributed by atoms with Crippen molar-refractivity contribution >= 4 is 5.91 Å². The molecular formula is C24H37FN2O. The number of carbonyl (C=O) groups excluding carboxylic acids is 1. The van der Waals surface area contributed by atoms with Gasteiger partial charge in [-0.3, -0.25) is 4.79 Å². The lowest BCUT2D eigenvalue weighted by molar-refractivity contribution is -0.123. The molecule has 2 aliphatic carbocycles. The fourth-order valence-corrected chi connectivity index (χ4v) is 5.00. The number of halogens is 1. The number of piperidine rings is 1. The van der Waals surface area contributed by atoms with E-state index in [4.69, 9.17) is 0 Å². The molecule has 3 aliphatic rings. The molecule has 156 valence electrons. The molecule has 4 heteroatoms. The molecule has 0 bridgehead atoms. The van der Waals surface area contributed by atoms with Crippen LogP contribution >= 0.6 is 0 Å². The maximum Gasteiger partial charge on any atom is 0.223 e. The van der Waals surface area contributed by atoms with Gasteiger partial charge in [-0.15, -0.1) is 0 Å². The summed E-state index contributed by atoms with van der Waals surface area (Å²) in [5, 5.41) is 3.25. The Kier molecular flexibility index (Phi) is 5.28. The van der Waals surface area contributed by atoms with E-state index in [1.807, 2.05) is 6.07 Å². The van der Waals surface area contributed by atoms with Gasteiger partial charge in [-0.2, -0.15) is 0 Å². The van der Waals surface area contributed by atoms with Crippen molar-refractivity contribution in [2.24, 2.45) is 11.3 Å². The van der Waals surface area contributed by atoms with Crippen LogP contribution in [0.3, 0.4) is 0 Å². The Bertz CT molecular complexity index is 733. The van der Waals surface area contributed by atoms with E-state index in [-0.39, 0.29) is 30.5 Å². The molecule has 0 unspecified atom stereocenters. The molecule has 1 amide bonds. The molecule has 1 heterocycles. The van der Waals surface area contributed by atoms with Crippen LogP contribution in [0.2, 0.25) is 0 Å². The number of nitrogens with one attached hydrogen (secondary N) is 1. The standard InChI is InChI=1S/C24H35FN2O.H2/c1-23(2,3)10-13-27-14-11-24(12-15-27)9-8-21(26-22(28)17-4-5-17)19-7-6-18(25)16-20(19)24;/h6-7,16-17,21H,4-5,8-15H2,1-3H3,(H,26,28);1H/t21-;/m0./s1. The third kappa shape index (κ3) is 4.27. The predicted octanol–water partition coefficient (Wildman–Crippen LogP) is 5.20. The van der Waals surface area contributed by atoms with Crippen LogP contribution in [0.15, 0.2) is 18.2 Å². The molecular weight excluding hydrogens is 351 g/mol. The van der Waals surface area contributed by atoms with E-state index in [1.54, 1.807) is 12.1 Å². The number of hydrogen-bond donors (Lipinski definition) is 1. The van der Waals surface area contributed by atoms with Crippen molar-refractivity contribution in [2.75, 3.05) is 19.6 Å². The number of hydrogen-bond acceptors (Lipinski definition) is 2. The lowest BCUT2D eigenvalue weighted by atomic mass is 9.63. The van der Waals surface area contributed by atoms with Crippen molar-refractivity contribution in [1.29, 1.82) is 0 Å². The lowest BCUT2D eigenvalue weighted by Gasteiger charge is -2.47. The van der Waals surface area contributed by atoms with Gasteiger partial charge in [0, 0.05) is 7.34 Å². The fourth-order valence-electron chi connectivity index (χ4n) is 5.00. The van der Waals surface area contributed by atoms with Crippen LogP contribution in [0.5, 0.6) is 0 Å². The first-order chi connectivity index (χ1) is 13.3. The second-order valence-corrected chi connectivity index (χ2v) is 10.5. The van der Waals surface area contributed by atoms with Crippen LogP contribution in [0, 0.1) is 17.2 Å². The van der Waals surface area contributed by atoms with Crippen molar-refractivity contribution in [3.05, 3.63) is 35.1 Å². The minimum Gasteiger partial charge on any atom is -0.349 e. The van der Waals surface area contributed by atoms with Gasteiger partial charge >= 0.3 is 0 Å². The van der Waals surface area contributed by atoms with Crippen molar-refractivity contribution < 1.29 is 10.6 Å². The van der Waals surface area contributed by atoms with Gasteiger partial charge in [-0.05, 0) is 98.7 Å². The predicted molar refractivity (Wildman–Crippen MR) is 113 cm³/mol. The van der Waals surface area contributed by atoms with Crippen LogP contribution in [0.25, 0.3) is 0 Å². The summed E-state index contributed by atoms with van der Waals surface area (Å²) in [5.74, 6) is 0.251. The second kappa shape index (κ2) is 7.44. The number of nitrogens with zero attached hydrogens (tertiary/aromatic N) is 1. The Labute approximate surface area is 170 Å². The summed E-state index contributed by atoms with van der Waals surface area (Å²) >= 11 is 0. The third-order valence-corrected chi connectivity index (χ3v) is 7.13. The van der Waals surface area contributed by atoms with Gasteiger partial charge in [-0.25, -0.2) is 4.39 Å². The second-order valence-electron chi connectivity index (χ2n) is 10.5. The van der Waals surface area contributed by atoms with Crippen molar-refractivity contribution in [1.82, 2.24) is 10.2 Å². The largest absolute Gasteiger partial charge is 0.349 e. The highest BCUT2D eigenvalue weighted by molar-refractivity contribution is 5.81. The lowest BCUT2D eigenvalue weighted by Crippen LogP contribution is -2.47. The van der Waals surface area contributed by atoms with Crippen LogP contribution < -0.4 is 5.32 Å². The average molecular weight is 389 g/mol.